The summed E-state index contributed by atoms with van der Waals surface area (Å²) in [6.45, 7) is 4.91. The lowest BCUT2D eigenvalue weighted by Gasteiger charge is -2.33. The van der Waals surface area contributed by atoms with Crippen LogP contribution in [0.1, 0.15) is 43.8 Å². The molecule has 8 nitrogen and oxygen atoms in total. The third kappa shape index (κ3) is 4.36. The summed E-state index contributed by atoms with van der Waals surface area (Å²) in [5.74, 6) is 1.71. The highest BCUT2D eigenvalue weighted by Crippen LogP contribution is 2.26. The van der Waals surface area contributed by atoms with E-state index in [1.54, 1.807) is 6.07 Å². The molecule has 1 aromatic carbocycles. The predicted octanol–water partition coefficient (Wildman–Crippen LogP) is 2.40. The molecule has 1 unspecified atom stereocenters. The second kappa shape index (κ2) is 8.80. The number of pyridine rings is 1. The molecule has 4 heterocycles. The normalized spacial score (nSPS) is 21.0. The van der Waals surface area contributed by atoms with Crippen molar-refractivity contribution in [1.82, 2.24) is 24.6 Å². The third-order valence-electron chi connectivity index (χ3n) is 6.69. The maximum atomic E-state index is 12.8. The van der Waals surface area contributed by atoms with Crippen LogP contribution in [0.3, 0.4) is 0 Å². The highest BCUT2D eigenvalue weighted by Gasteiger charge is 2.26. The van der Waals surface area contributed by atoms with Crippen LogP contribution in [0, 0.1) is 5.92 Å². The van der Waals surface area contributed by atoms with Crippen LogP contribution in [0.25, 0.3) is 16.6 Å². The number of piperidine rings is 1. The largest absolute Gasteiger partial charge is 0.381 e. The van der Waals surface area contributed by atoms with E-state index in [0.717, 1.165) is 62.8 Å². The molecule has 31 heavy (non-hydrogen) atoms. The van der Waals surface area contributed by atoms with Gasteiger partial charge in [0.15, 0.2) is 0 Å². The molecule has 3 aromatic rings. The number of fused-ring (bicyclic) bond motifs is 1. The lowest BCUT2D eigenvalue weighted by atomic mass is 9.94. The molecule has 0 aliphatic carbocycles. The molecule has 0 amide bonds. The fraction of sp³-hybridized carbons (Fsp3) is 0.522. The SMILES string of the molecule is O=c1ccc2cccc(-n3nc(C4CCCN(CCC5CCOCC5)C4)[nH]c3=O)c2[nH]1. The molecule has 0 spiro atoms. The summed E-state index contributed by atoms with van der Waals surface area (Å²) in [4.78, 5) is 32.9. The van der Waals surface area contributed by atoms with Gasteiger partial charge in [-0.15, -0.1) is 5.10 Å². The first-order valence-corrected chi connectivity index (χ1v) is 11.3. The van der Waals surface area contributed by atoms with Crippen LogP contribution in [-0.2, 0) is 4.74 Å². The standard InChI is InChI=1S/C23H29N5O3/c29-20-7-6-17-3-1-5-19(21(17)24-20)28-23(30)25-22(26-28)18-4-2-11-27(15-18)12-8-16-9-13-31-14-10-16/h1,3,5-7,16,18H,2,4,8-15H2,(H,24,29)(H,25,26,30). The van der Waals surface area contributed by atoms with Crippen molar-refractivity contribution in [2.45, 2.75) is 38.0 Å². The minimum absolute atomic E-state index is 0.198. The molecule has 2 N–H and O–H groups in total. The quantitative estimate of drug-likeness (QED) is 0.657. The van der Waals surface area contributed by atoms with E-state index in [2.05, 4.69) is 20.0 Å². The highest BCUT2D eigenvalue weighted by atomic mass is 16.5. The molecule has 164 valence electrons. The van der Waals surface area contributed by atoms with Gasteiger partial charge in [0.25, 0.3) is 0 Å². The first-order valence-electron chi connectivity index (χ1n) is 11.3. The second-order valence-corrected chi connectivity index (χ2v) is 8.78. The lowest BCUT2D eigenvalue weighted by molar-refractivity contribution is 0.0586. The topological polar surface area (TPSA) is 96.0 Å². The minimum atomic E-state index is -0.272. The number of rotatable bonds is 5. The Bertz CT molecular complexity index is 1160. The summed E-state index contributed by atoms with van der Waals surface area (Å²) in [5, 5.41) is 5.52. The maximum absolute atomic E-state index is 12.8. The van der Waals surface area contributed by atoms with Crippen molar-refractivity contribution in [2.75, 3.05) is 32.8 Å². The van der Waals surface area contributed by atoms with Crippen LogP contribution in [0.15, 0.2) is 39.9 Å². The molecule has 5 rings (SSSR count). The highest BCUT2D eigenvalue weighted by molar-refractivity contribution is 5.85. The number of H-pyrrole nitrogens is 2. The number of aromatic nitrogens is 4. The Balaban J connectivity index is 1.34. The van der Waals surface area contributed by atoms with Crippen LogP contribution < -0.4 is 11.2 Å². The summed E-state index contributed by atoms with van der Waals surface area (Å²) >= 11 is 0. The Kier molecular flexibility index (Phi) is 5.74. The smallest absolute Gasteiger partial charge is 0.348 e. The average molecular weight is 424 g/mol. The Morgan fingerprint density at radius 3 is 2.81 bits per heavy atom. The molecule has 0 radical (unpaired) electrons. The summed E-state index contributed by atoms with van der Waals surface area (Å²) in [6, 6.07) is 8.83. The molecule has 2 saturated heterocycles. The summed E-state index contributed by atoms with van der Waals surface area (Å²) in [6.07, 6.45) is 5.68. The number of nitrogens with one attached hydrogen (secondary N) is 2. The van der Waals surface area contributed by atoms with Gasteiger partial charge in [-0.05, 0) is 63.2 Å². The zero-order chi connectivity index (χ0) is 21.2. The van der Waals surface area contributed by atoms with E-state index in [9.17, 15) is 9.59 Å². The van der Waals surface area contributed by atoms with Crippen molar-refractivity contribution >= 4 is 10.9 Å². The minimum Gasteiger partial charge on any atom is -0.381 e. The van der Waals surface area contributed by atoms with Crippen molar-refractivity contribution in [2.24, 2.45) is 5.92 Å². The lowest BCUT2D eigenvalue weighted by Crippen LogP contribution is -2.36. The monoisotopic (exact) mass is 423 g/mol. The zero-order valence-electron chi connectivity index (χ0n) is 17.7. The first kappa shape index (κ1) is 20.2. The van der Waals surface area contributed by atoms with Gasteiger partial charge in [-0.3, -0.25) is 9.78 Å². The van der Waals surface area contributed by atoms with Gasteiger partial charge in [0, 0.05) is 37.1 Å². The average Bonchev–Trinajstić information content (AvgIpc) is 3.19. The van der Waals surface area contributed by atoms with Crippen molar-refractivity contribution in [3.63, 3.8) is 0 Å². The van der Waals surface area contributed by atoms with Crippen LogP contribution >= 0.6 is 0 Å². The summed E-state index contributed by atoms with van der Waals surface area (Å²) in [5.41, 5.74) is 0.745. The van der Waals surface area contributed by atoms with Crippen LogP contribution in [0.5, 0.6) is 0 Å². The molecule has 1 atom stereocenters. The maximum Gasteiger partial charge on any atom is 0.348 e. The van der Waals surface area contributed by atoms with Crippen molar-refractivity contribution in [3.8, 4) is 5.69 Å². The molecule has 2 aliphatic heterocycles. The van der Waals surface area contributed by atoms with E-state index < -0.39 is 0 Å². The van der Waals surface area contributed by atoms with Gasteiger partial charge < -0.3 is 14.6 Å². The third-order valence-corrected chi connectivity index (χ3v) is 6.69. The Morgan fingerprint density at radius 2 is 1.94 bits per heavy atom. The van der Waals surface area contributed by atoms with E-state index in [4.69, 9.17) is 4.74 Å². The number of aromatic amines is 2. The van der Waals surface area contributed by atoms with Crippen LogP contribution in [0.2, 0.25) is 0 Å². The van der Waals surface area contributed by atoms with E-state index in [1.807, 2.05) is 18.2 Å². The van der Waals surface area contributed by atoms with E-state index in [-0.39, 0.29) is 17.2 Å². The predicted molar refractivity (Wildman–Crippen MR) is 119 cm³/mol. The number of para-hydroxylation sites is 1. The fourth-order valence-corrected chi connectivity index (χ4v) is 4.91. The fourth-order valence-electron chi connectivity index (χ4n) is 4.91. The number of likely N-dealkylation sites (tertiary alicyclic amines) is 1. The van der Waals surface area contributed by atoms with Gasteiger partial charge in [0.1, 0.15) is 5.82 Å². The van der Waals surface area contributed by atoms with Crippen molar-refractivity contribution < 1.29 is 4.74 Å². The zero-order valence-corrected chi connectivity index (χ0v) is 17.7. The van der Waals surface area contributed by atoms with Gasteiger partial charge in [-0.1, -0.05) is 12.1 Å². The number of hydrogen-bond donors (Lipinski definition) is 2. The van der Waals surface area contributed by atoms with Gasteiger partial charge in [-0.25, -0.2) is 4.79 Å². The Labute approximate surface area is 180 Å². The van der Waals surface area contributed by atoms with Gasteiger partial charge in [0.05, 0.1) is 11.2 Å². The number of ether oxygens (including phenoxy) is 1. The number of hydrogen-bond acceptors (Lipinski definition) is 5. The molecular weight excluding hydrogens is 394 g/mol. The molecule has 0 bridgehead atoms. The van der Waals surface area contributed by atoms with E-state index in [0.29, 0.717) is 11.2 Å². The summed E-state index contributed by atoms with van der Waals surface area (Å²) < 4.78 is 6.86. The summed E-state index contributed by atoms with van der Waals surface area (Å²) in [7, 11) is 0. The molecule has 2 aromatic heterocycles. The van der Waals surface area contributed by atoms with Crippen molar-refractivity contribution in [3.05, 3.63) is 57.0 Å². The Hall–Kier alpha value is -2.71. The van der Waals surface area contributed by atoms with Gasteiger partial charge >= 0.3 is 5.69 Å². The Morgan fingerprint density at radius 1 is 1.06 bits per heavy atom. The van der Waals surface area contributed by atoms with Gasteiger partial charge in [-0.2, -0.15) is 4.68 Å². The van der Waals surface area contributed by atoms with Crippen LogP contribution in [-0.4, -0.2) is 57.5 Å². The number of benzene rings is 1. The van der Waals surface area contributed by atoms with Gasteiger partial charge in [0.2, 0.25) is 5.56 Å². The molecule has 8 heteroatoms. The van der Waals surface area contributed by atoms with Crippen LogP contribution in [0.4, 0.5) is 0 Å². The van der Waals surface area contributed by atoms with E-state index in [1.165, 1.54) is 30.0 Å². The second-order valence-electron chi connectivity index (χ2n) is 8.78. The molecule has 0 saturated carbocycles. The van der Waals surface area contributed by atoms with Crippen molar-refractivity contribution in [1.29, 1.82) is 0 Å². The molecular formula is C23H29N5O3. The molecule has 2 fully saturated rings. The van der Waals surface area contributed by atoms with E-state index >= 15 is 0 Å². The number of nitrogens with zero attached hydrogens (tertiary/aromatic N) is 3. The first-order chi connectivity index (χ1) is 15.2. The molecule has 2 aliphatic rings.